The lowest BCUT2D eigenvalue weighted by Crippen LogP contribution is -2.42. The average Bonchev–Trinajstić information content (AvgIpc) is 3.37. The number of nitrogens with one attached hydrogen (secondary N) is 1. The lowest BCUT2D eigenvalue weighted by atomic mass is 10.2. The summed E-state index contributed by atoms with van der Waals surface area (Å²) in [6.45, 7) is 0.286. The fourth-order valence-electron chi connectivity index (χ4n) is 2.88. The van der Waals surface area contributed by atoms with Crippen molar-refractivity contribution in [2.24, 2.45) is 0 Å². The molecule has 2 amide bonds. The minimum atomic E-state index is -0.663. The first-order valence-corrected chi connectivity index (χ1v) is 9.45. The van der Waals surface area contributed by atoms with Crippen LogP contribution >= 0.6 is 11.3 Å². The van der Waals surface area contributed by atoms with Gasteiger partial charge in [-0.3, -0.25) is 9.59 Å². The van der Waals surface area contributed by atoms with Gasteiger partial charge in [-0.1, -0.05) is 18.2 Å². The van der Waals surface area contributed by atoms with Crippen LogP contribution in [0.15, 0.2) is 41.8 Å². The molecule has 1 saturated heterocycles. The van der Waals surface area contributed by atoms with Crippen LogP contribution in [0.3, 0.4) is 0 Å². The van der Waals surface area contributed by atoms with Crippen molar-refractivity contribution >= 4 is 29.1 Å². The maximum atomic E-state index is 12.8. The topological polar surface area (TPSA) is 75.7 Å². The summed E-state index contributed by atoms with van der Waals surface area (Å²) in [7, 11) is 0. The number of nitrogens with zero attached hydrogens (tertiary/aromatic N) is 1. The predicted octanol–water partition coefficient (Wildman–Crippen LogP) is 2.35. The molecule has 1 atom stereocenters. The Morgan fingerprint density at radius 1 is 1.22 bits per heavy atom. The summed E-state index contributed by atoms with van der Waals surface area (Å²) in [5.74, 6) is -1.57. The lowest BCUT2D eigenvalue weighted by molar-refractivity contribution is -0.152. The van der Waals surface area contributed by atoms with Gasteiger partial charge in [-0.05, 0) is 42.0 Å². The second-order valence-electron chi connectivity index (χ2n) is 6.14. The molecule has 0 spiro atoms. The molecule has 2 aromatic rings. The van der Waals surface area contributed by atoms with Crippen molar-refractivity contribution in [3.05, 3.63) is 58.0 Å². The monoisotopic (exact) mass is 390 g/mol. The van der Waals surface area contributed by atoms with Crippen LogP contribution in [0.25, 0.3) is 0 Å². The highest BCUT2D eigenvalue weighted by atomic mass is 32.1. The molecule has 1 N–H and O–H groups in total. The number of carbonyl (C=O) groups is 3. The molecule has 3 rings (SSSR count). The maximum Gasteiger partial charge on any atom is 0.329 e. The molecule has 1 aromatic carbocycles. The number of carbonyl (C=O) groups excluding carboxylic acids is 3. The van der Waals surface area contributed by atoms with Crippen molar-refractivity contribution in [3.8, 4) is 0 Å². The third kappa shape index (κ3) is 4.91. The smallest absolute Gasteiger partial charge is 0.329 e. The Hall–Kier alpha value is -2.74. The quantitative estimate of drug-likeness (QED) is 0.769. The van der Waals surface area contributed by atoms with Crippen LogP contribution in [0.5, 0.6) is 0 Å². The molecule has 8 heteroatoms. The van der Waals surface area contributed by atoms with Crippen LogP contribution in [0.2, 0.25) is 0 Å². The standard InChI is InChI=1S/C19H19FN2O4S/c20-14-7-5-13(6-8-14)11-21-17(23)12-26-19(25)15-3-1-9-22(15)18(24)16-4-2-10-27-16/h2,4-8,10,15H,1,3,9,11-12H2,(H,21,23)/t15-/m0/s1. The highest BCUT2D eigenvalue weighted by Gasteiger charge is 2.36. The Labute approximate surface area is 159 Å². The van der Waals surface area contributed by atoms with E-state index in [1.165, 1.54) is 28.4 Å². The highest BCUT2D eigenvalue weighted by Crippen LogP contribution is 2.23. The van der Waals surface area contributed by atoms with Crippen molar-refractivity contribution in [1.82, 2.24) is 10.2 Å². The number of halogens is 1. The first-order chi connectivity index (χ1) is 13.0. The number of rotatable bonds is 6. The second kappa shape index (κ2) is 8.77. The Bertz CT molecular complexity index is 808. The van der Waals surface area contributed by atoms with E-state index in [9.17, 15) is 18.8 Å². The van der Waals surface area contributed by atoms with Gasteiger partial charge >= 0.3 is 5.97 Å². The molecule has 0 unspecified atom stereocenters. The van der Waals surface area contributed by atoms with Gasteiger partial charge in [-0.2, -0.15) is 0 Å². The van der Waals surface area contributed by atoms with Crippen LogP contribution in [0, 0.1) is 5.82 Å². The van der Waals surface area contributed by atoms with Gasteiger partial charge in [0, 0.05) is 13.1 Å². The number of thiophene rings is 1. The van der Waals surface area contributed by atoms with Crippen LogP contribution in [0.1, 0.15) is 28.1 Å². The molecule has 1 aliphatic rings. The number of likely N-dealkylation sites (tertiary alicyclic amines) is 1. The van der Waals surface area contributed by atoms with Gasteiger partial charge in [0.2, 0.25) is 0 Å². The molecule has 1 aliphatic heterocycles. The number of hydrogen-bond acceptors (Lipinski definition) is 5. The number of hydrogen-bond donors (Lipinski definition) is 1. The summed E-state index contributed by atoms with van der Waals surface area (Å²) in [5.41, 5.74) is 0.736. The maximum absolute atomic E-state index is 12.8. The number of esters is 1. The third-order valence-corrected chi connectivity index (χ3v) is 5.12. The second-order valence-corrected chi connectivity index (χ2v) is 7.09. The Kier molecular flexibility index (Phi) is 6.18. The zero-order valence-corrected chi connectivity index (χ0v) is 15.3. The van der Waals surface area contributed by atoms with E-state index in [1.54, 1.807) is 24.3 Å². The van der Waals surface area contributed by atoms with Gasteiger partial charge in [0.1, 0.15) is 11.9 Å². The minimum absolute atomic E-state index is 0.190. The number of benzene rings is 1. The van der Waals surface area contributed by atoms with Gasteiger partial charge in [0.25, 0.3) is 11.8 Å². The number of ether oxygens (including phenoxy) is 1. The molecular weight excluding hydrogens is 371 g/mol. The average molecular weight is 390 g/mol. The Balaban J connectivity index is 1.47. The summed E-state index contributed by atoms with van der Waals surface area (Å²) < 4.78 is 17.9. The molecule has 0 aliphatic carbocycles. The SMILES string of the molecule is O=C(COC(=O)[C@@H]1CCCN1C(=O)c1cccs1)NCc1ccc(F)cc1. The van der Waals surface area contributed by atoms with Gasteiger partial charge in [0.05, 0.1) is 4.88 Å². The van der Waals surface area contributed by atoms with E-state index >= 15 is 0 Å². The number of amides is 2. The van der Waals surface area contributed by atoms with Crippen molar-refractivity contribution in [3.63, 3.8) is 0 Å². The molecule has 27 heavy (non-hydrogen) atoms. The Morgan fingerprint density at radius 2 is 2.00 bits per heavy atom. The van der Waals surface area contributed by atoms with Crippen LogP contribution < -0.4 is 5.32 Å². The fourth-order valence-corrected chi connectivity index (χ4v) is 3.56. The van der Waals surface area contributed by atoms with E-state index < -0.39 is 24.5 Å². The van der Waals surface area contributed by atoms with Gasteiger partial charge < -0.3 is 15.0 Å². The van der Waals surface area contributed by atoms with E-state index in [2.05, 4.69) is 5.32 Å². The summed E-state index contributed by atoms with van der Waals surface area (Å²) in [4.78, 5) is 38.7. The highest BCUT2D eigenvalue weighted by molar-refractivity contribution is 7.12. The largest absolute Gasteiger partial charge is 0.454 e. The minimum Gasteiger partial charge on any atom is -0.454 e. The Morgan fingerprint density at radius 3 is 2.70 bits per heavy atom. The van der Waals surface area contributed by atoms with E-state index in [4.69, 9.17) is 4.74 Å². The van der Waals surface area contributed by atoms with Crippen molar-refractivity contribution < 1.29 is 23.5 Å². The molecule has 2 heterocycles. The van der Waals surface area contributed by atoms with Crippen LogP contribution in [-0.2, 0) is 20.9 Å². The normalized spacial score (nSPS) is 16.2. The third-order valence-electron chi connectivity index (χ3n) is 4.27. The molecule has 0 bridgehead atoms. The molecule has 142 valence electrons. The fraction of sp³-hybridized carbons (Fsp3) is 0.316. The van der Waals surface area contributed by atoms with E-state index in [0.717, 1.165) is 5.56 Å². The zero-order chi connectivity index (χ0) is 19.2. The van der Waals surface area contributed by atoms with Crippen LogP contribution in [0.4, 0.5) is 4.39 Å². The van der Waals surface area contributed by atoms with E-state index in [0.29, 0.717) is 24.3 Å². The molecule has 0 radical (unpaired) electrons. The zero-order valence-electron chi connectivity index (χ0n) is 14.5. The molecule has 1 fully saturated rings. The van der Waals surface area contributed by atoms with Gasteiger partial charge in [-0.25, -0.2) is 9.18 Å². The first-order valence-electron chi connectivity index (χ1n) is 8.57. The van der Waals surface area contributed by atoms with Crippen LogP contribution in [-0.4, -0.2) is 41.9 Å². The van der Waals surface area contributed by atoms with Crippen molar-refractivity contribution in [1.29, 1.82) is 0 Å². The molecule has 6 nitrogen and oxygen atoms in total. The predicted molar refractivity (Wildman–Crippen MR) is 97.6 cm³/mol. The first kappa shape index (κ1) is 19.0. The summed E-state index contributed by atoms with van der Waals surface area (Å²) in [5, 5.41) is 4.41. The van der Waals surface area contributed by atoms with E-state index in [-0.39, 0.29) is 18.3 Å². The van der Waals surface area contributed by atoms with Gasteiger partial charge in [-0.15, -0.1) is 11.3 Å². The molecule has 0 saturated carbocycles. The lowest BCUT2D eigenvalue weighted by Gasteiger charge is -2.22. The van der Waals surface area contributed by atoms with Crippen molar-refractivity contribution in [2.75, 3.05) is 13.2 Å². The van der Waals surface area contributed by atoms with E-state index in [1.807, 2.05) is 5.38 Å². The molecule has 1 aromatic heterocycles. The molecular formula is C19H19FN2O4S. The van der Waals surface area contributed by atoms with Gasteiger partial charge in [0.15, 0.2) is 6.61 Å². The van der Waals surface area contributed by atoms with Crippen molar-refractivity contribution in [2.45, 2.75) is 25.4 Å². The summed E-state index contributed by atoms with van der Waals surface area (Å²) in [6, 6.07) is 8.58. The summed E-state index contributed by atoms with van der Waals surface area (Å²) >= 11 is 1.32. The summed E-state index contributed by atoms with van der Waals surface area (Å²) in [6.07, 6.45) is 1.24.